The summed E-state index contributed by atoms with van der Waals surface area (Å²) in [7, 11) is 4.00. The zero-order valence-corrected chi connectivity index (χ0v) is 27.9. The average molecular weight is 595 g/mol. The molecule has 1 fully saturated rings. The van der Waals surface area contributed by atoms with Gasteiger partial charge in [0.1, 0.15) is 5.78 Å². The molecule has 1 aliphatic rings. The highest BCUT2D eigenvalue weighted by molar-refractivity contribution is 5.80. The number of likely N-dealkylation sites (tertiary alicyclic amines) is 1. The minimum absolute atomic E-state index is 0.0204. The molecule has 0 bridgehead atoms. The Morgan fingerprint density at radius 2 is 1.26 bits per heavy atom. The van der Waals surface area contributed by atoms with Crippen molar-refractivity contribution in [3.8, 4) is 0 Å². The van der Waals surface area contributed by atoms with Crippen LogP contribution in [0.25, 0.3) is 0 Å². The van der Waals surface area contributed by atoms with E-state index in [0.29, 0.717) is 26.1 Å². The molecule has 246 valence electrons. The summed E-state index contributed by atoms with van der Waals surface area (Å²) in [6, 6.07) is -0.118. The van der Waals surface area contributed by atoms with E-state index in [1.54, 1.807) is 11.8 Å². The number of carbonyl (C=O) groups excluding carboxylic acids is 3. The van der Waals surface area contributed by atoms with Gasteiger partial charge in [-0.1, -0.05) is 103 Å². The molecule has 0 aromatic rings. The summed E-state index contributed by atoms with van der Waals surface area (Å²) in [6.45, 7) is 6.74. The third-order valence-electron chi connectivity index (χ3n) is 8.58. The molecule has 8 heteroatoms. The van der Waals surface area contributed by atoms with E-state index in [1.165, 1.54) is 89.9 Å². The highest BCUT2D eigenvalue weighted by Gasteiger charge is 2.33. The number of hydrogen-bond donors (Lipinski definition) is 2. The quantitative estimate of drug-likeness (QED) is 0.106. The van der Waals surface area contributed by atoms with Crippen molar-refractivity contribution in [3.05, 3.63) is 0 Å². The molecule has 0 aliphatic carbocycles. The summed E-state index contributed by atoms with van der Waals surface area (Å²) in [5.74, 6) is 0.0286. The van der Waals surface area contributed by atoms with E-state index < -0.39 is 6.09 Å². The highest BCUT2D eigenvalue weighted by atomic mass is 16.5. The number of ether oxygens (including phenoxy) is 1. The molecule has 2 N–H and O–H groups in total. The second-order valence-corrected chi connectivity index (χ2v) is 12.7. The second-order valence-electron chi connectivity index (χ2n) is 12.7. The van der Waals surface area contributed by atoms with Gasteiger partial charge in [0, 0.05) is 38.0 Å². The predicted molar refractivity (Wildman–Crippen MR) is 174 cm³/mol. The molecule has 0 aromatic heterocycles. The maximum atomic E-state index is 13.0. The first-order valence-corrected chi connectivity index (χ1v) is 17.4. The normalized spacial score (nSPS) is 16.9. The maximum absolute atomic E-state index is 13.0. The predicted octanol–water partition coefficient (Wildman–Crippen LogP) is 7.70. The first-order chi connectivity index (χ1) is 20.3. The van der Waals surface area contributed by atoms with Crippen LogP contribution in [0.5, 0.6) is 0 Å². The van der Waals surface area contributed by atoms with Crippen molar-refractivity contribution >= 4 is 17.9 Å². The molecule has 8 nitrogen and oxygen atoms in total. The fourth-order valence-electron chi connectivity index (χ4n) is 5.80. The molecule has 0 aromatic carbocycles. The van der Waals surface area contributed by atoms with E-state index in [9.17, 15) is 14.4 Å². The number of carbonyl (C=O) groups is 3. The van der Waals surface area contributed by atoms with Crippen molar-refractivity contribution in [1.29, 1.82) is 0 Å². The Bertz CT molecular complexity index is 703. The monoisotopic (exact) mass is 595 g/mol. The van der Waals surface area contributed by atoms with Crippen molar-refractivity contribution in [2.24, 2.45) is 5.92 Å². The van der Waals surface area contributed by atoms with Crippen molar-refractivity contribution in [1.82, 2.24) is 20.4 Å². The Kier molecular flexibility index (Phi) is 23.3. The van der Waals surface area contributed by atoms with Gasteiger partial charge in [-0.25, -0.2) is 9.59 Å². The van der Waals surface area contributed by atoms with Crippen molar-refractivity contribution in [3.63, 3.8) is 0 Å². The minimum atomic E-state index is -0.411. The first kappa shape index (κ1) is 38.2. The lowest BCUT2D eigenvalue weighted by Crippen LogP contribution is -2.52. The van der Waals surface area contributed by atoms with Crippen LogP contribution in [-0.2, 0) is 9.53 Å². The summed E-state index contributed by atoms with van der Waals surface area (Å²) >= 11 is 0. The fraction of sp³-hybridized carbons (Fsp3) is 0.912. The van der Waals surface area contributed by atoms with E-state index >= 15 is 0 Å². The van der Waals surface area contributed by atoms with Crippen LogP contribution in [0.1, 0.15) is 142 Å². The smallest absolute Gasteiger partial charge is 0.407 e. The van der Waals surface area contributed by atoms with E-state index in [1.807, 2.05) is 14.1 Å². The summed E-state index contributed by atoms with van der Waals surface area (Å²) in [6.07, 6.45) is 23.8. The molecule has 3 amide bonds. The number of piperidine rings is 1. The molecule has 1 rings (SSSR count). The van der Waals surface area contributed by atoms with Gasteiger partial charge in [0.25, 0.3) is 0 Å². The molecule has 42 heavy (non-hydrogen) atoms. The zero-order chi connectivity index (χ0) is 30.8. The SMILES string of the molecule is CCCCCCCCCCCCCCCCCCNC(=O)N1CC(C(C)=O)CCC1CCOC(=O)NCCCN(C)C. The van der Waals surface area contributed by atoms with E-state index in [0.717, 1.165) is 38.6 Å². The molecular formula is C34H66N4O4. The summed E-state index contributed by atoms with van der Waals surface area (Å²) < 4.78 is 5.36. The lowest BCUT2D eigenvalue weighted by molar-refractivity contribution is -0.122. The Morgan fingerprint density at radius 1 is 0.738 bits per heavy atom. The van der Waals surface area contributed by atoms with Gasteiger partial charge in [0.15, 0.2) is 0 Å². The van der Waals surface area contributed by atoms with Crippen molar-refractivity contribution in [2.75, 3.05) is 46.9 Å². The Morgan fingerprint density at radius 3 is 1.79 bits per heavy atom. The van der Waals surface area contributed by atoms with Crippen LogP contribution in [0, 0.1) is 5.92 Å². The maximum Gasteiger partial charge on any atom is 0.407 e. The van der Waals surface area contributed by atoms with E-state index in [4.69, 9.17) is 4.74 Å². The van der Waals surface area contributed by atoms with Gasteiger partial charge in [-0.05, 0) is 53.2 Å². The first-order valence-electron chi connectivity index (χ1n) is 17.4. The summed E-state index contributed by atoms with van der Waals surface area (Å²) in [5, 5.41) is 5.87. The number of alkyl carbamates (subject to hydrolysis) is 1. The molecule has 0 spiro atoms. The highest BCUT2D eigenvalue weighted by Crippen LogP contribution is 2.25. The Hall–Kier alpha value is -1.83. The van der Waals surface area contributed by atoms with Crippen LogP contribution in [0.2, 0.25) is 0 Å². The van der Waals surface area contributed by atoms with E-state index in [-0.39, 0.29) is 30.4 Å². The average Bonchev–Trinajstić information content (AvgIpc) is 2.96. The molecular weight excluding hydrogens is 528 g/mol. The molecule has 2 unspecified atom stereocenters. The largest absolute Gasteiger partial charge is 0.449 e. The van der Waals surface area contributed by atoms with Gasteiger partial charge in [-0.2, -0.15) is 0 Å². The molecule has 1 aliphatic heterocycles. The van der Waals surface area contributed by atoms with E-state index in [2.05, 4.69) is 22.5 Å². The van der Waals surface area contributed by atoms with Crippen LogP contribution < -0.4 is 10.6 Å². The Balaban J connectivity index is 2.15. The molecule has 0 saturated carbocycles. The number of hydrogen-bond acceptors (Lipinski definition) is 5. The van der Waals surface area contributed by atoms with Gasteiger partial charge in [-0.3, -0.25) is 4.79 Å². The zero-order valence-electron chi connectivity index (χ0n) is 27.9. The minimum Gasteiger partial charge on any atom is -0.449 e. The summed E-state index contributed by atoms with van der Waals surface area (Å²) in [4.78, 5) is 40.9. The van der Waals surface area contributed by atoms with Crippen LogP contribution in [0.4, 0.5) is 9.59 Å². The molecule has 1 saturated heterocycles. The number of ketones is 1. The molecule has 1 heterocycles. The number of unbranched alkanes of at least 4 members (excludes halogenated alkanes) is 15. The number of nitrogens with one attached hydrogen (secondary N) is 2. The summed E-state index contributed by atoms with van der Waals surface area (Å²) in [5.41, 5.74) is 0. The van der Waals surface area contributed by atoms with Gasteiger partial charge in [0.05, 0.1) is 6.61 Å². The fourth-order valence-corrected chi connectivity index (χ4v) is 5.80. The lowest BCUT2D eigenvalue weighted by atomic mass is 9.89. The van der Waals surface area contributed by atoms with Crippen molar-refractivity contribution < 1.29 is 19.1 Å². The van der Waals surface area contributed by atoms with Gasteiger partial charge >= 0.3 is 12.1 Å². The number of nitrogens with zero attached hydrogens (tertiary/aromatic N) is 2. The van der Waals surface area contributed by atoms with Crippen LogP contribution in [0.3, 0.4) is 0 Å². The number of Topliss-reactive ketones (excluding diaryl/α,β-unsaturated/α-hetero) is 1. The topological polar surface area (TPSA) is 91.0 Å². The number of rotatable bonds is 25. The molecule has 2 atom stereocenters. The van der Waals surface area contributed by atoms with Crippen LogP contribution in [-0.4, -0.2) is 80.6 Å². The van der Waals surface area contributed by atoms with Gasteiger partial charge in [0.2, 0.25) is 0 Å². The lowest BCUT2D eigenvalue weighted by Gasteiger charge is -2.39. The standard InChI is InChI=1S/C34H66N4O4/c1-5-6-7-8-9-10-11-12-13-14-15-16-17-18-19-20-25-35-33(40)38-29-31(30(2)39)22-23-32(38)24-28-42-34(41)36-26-21-27-37(3)4/h31-32H,5-29H2,1-4H3,(H,35,40)(H,36,41). The molecule has 0 radical (unpaired) electrons. The third kappa shape index (κ3) is 20.1. The third-order valence-corrected chi connectivity index (χ3v) is 8.58. The second kappa shape index (κ2) is 25.6. The Labute approximate surface area is 258 Å². The van der Waals surface area contributed by atoms with Gasteiger partial charge < -0.3 is 25.2 Å². The van der Waals surface area contributed by atoms with Gasteiger partial charge in [-0.15, -0.1) is 0 Å². The van der Waals surface area contributed by atoms with Crippen molar-refractivity contribution in [2.45, 2.75) is 148 Å². The number of amides is 3. The van der Waals surface area contributed by atoms with Crippen LogP contribution >= 0.6 is 0 Å². The van der Waals surface area contributed by atoms with Crippen LogP contribution in [0.15, 0.2) is 0 Å². The number of urea groups is 1.